The summed E-state index contributed by atoms with van der Waals surface area (Å²) in [4.78, 5) is 7.24. The summed E-state index contributed by atoms with van der Waals surface area (Å²) in [6, 6.07) is 14.8. The van der Waals surface area contributed by atoms with E-state index in [0.717, 1.165) is 50.4 Å². The lowest BCUT2D eigenvalue weighted by Gasteiger charge is -2.31. The van der Waals surface area contributed by atoms with Crippen LogP contribution in [0.4, 0.5) is 5.69 Å². The average Bonchev–Trinajstić information content (AvgIpc) is 2.68. The summed E-state index contributed by atoms with van der Waals surface area (Å²) < 4.78 is 0. The van der Waals surface area contributed by atoms with Gasteiger partial charge in [0.1, 0.15) is 0 Å². The van der Waals surface area contributed by atoms with E-state index in [4.69, 9.17) is 4.98 Å². The Bertz CT molecular complexity index is 693. The molecule has 0 spiro atoms. The summed E-state index contributed by atoms with van der Waals surface area (Å²) in [5, 5.41) is 12.9. The molecular weight excluding hydrogens is 322 g/mol. The Morgan fingerprint density at radius 3 is 2.62 bits per heavy atom. The summed E-state index contributed by atoms with van der Waals surface area (Å²) in [6.07, 6.45) is 2.19. The van der Waals surface area contributed by atoms with Crippen LogP contribution in [0.5, 0.6) is 0 Å². The minimum absolute atomic E-state index is 0.328. The van der Waals surface area contributed by atoms with E-state index in [9.17, 15) is 5.11 Å². The molecule has 1 aliphatic rings. The Kier molecular flexibility index (Phi) is 6.64. The summed E-state index contributed by atoms with van der Waals surface area (Å²) in [5.41, 5.74) is 4.74. The molecule has 0 bridgehead atoms. The molecule has 0 saturated carbocycles. The molecule has 0 aliphatic carbocycles. The molecule has 2 N–H and O–H groups in total. The van der Waals surface area contributed by atoms with E-state index >= 15 is 0 Å². The fraction of sp³-hybridized carbons (Fsp3) is 0.500. The third kappa shape index (κ3) is 5.05. The number of para-hydroxylation sites is 1. The van der Waals surface area contributed by atoms with Gasteiger partial charge >= 0.3 is 0 Å². The highest BCUT2D eigenvalue weighted by Crippen LogP contribution is 2.22. The number of aromatic nitrogens is 1. The molecule has 26 heavy (non-hydrogen) atoms. The van der Waals surface area contributed by atoms with Gasteiger partial charge in [-0.25, -0.2) is 0 Å². The summed E-state index contributed by atoms with van der Waals surface area (Å²) >= 11 is 0. The minimum Gasteiger partial charge on any atom is -0.396 e. The number of nitrogens with zero attached hydrogens (tertiary/aromatic N) is 2. The van der Waals surface area contributed by atoms with Crippen LogP contribution in [0.1, 0.15) is 49.6 Å². The number of likely N-dealkylation sites (tertiary alicyclic amines) is 1. The maximum atomic E-state index is 9.31. The molecule has 1 aliphatic heterocycles. The molecular formula is C22H31N3O. The van der Waals surface area contributed by atoms with Crippen molar-refractivity contribution in [1.82, 2.24) is 9.88 Å². The molecule has 140 valence electrons. The smallest absolute Gasteiger partial charge is 0.0598 e. The number of aliphatic hydroxyl groups is 1. The van der Waals surface area contributed by atoms with Gasteiger partial charge in [0.15, 0.2) is 0 Å². The van der Waals surface area contributed by atoms with Crippen molar-refractivity contribution in [3.05, 3.63) is 59.4 Å². The van der Waals surface area contributed by atoms with Crippen LogP contribution in [0.15, 0.2) is 42.5 Å². The van der Waals surface area contributed by atoms with Crippen molar-refractivity contribution in [2.75, 3.05) is 25.0 Å². The molecule has 2 aromatic rings. The van der Waals surface area contributed by atoms with E-state index in [0.29, 0.717) is 18.4 Å². The first-order valence-electron chi connectivity index (χ1n) is 9.76. The predicted molar refractivity (Wildman–Crippen MR) is 107 cm³/mol. The zero-order valence-corrected chi connectivity index (χ0v) is 16.0. The number of pyridine rings is 1. The lowest BCUT2D eigenvalue weighted by Crippen LogP contribution is -2.34. The van der Waals surface area contributed by atoms with Crippen molar-refractivity contribution in [3.63, 3.8) is 0 Å². The van der Waals surface area contributed by atoms with E-state index < -0.39 is 0 Å². The quantitative estimate of drug-likeness (QED) is 0.789. The van der Waals surface area contributed by atoms with E-state index in [1.807, 2.05) is 0 Å². The van der Waals surface area contributed by atoms with Gasteiger partial charge in [0.05, 0.1) is 12.2 Å². The number of nitrogens with one attached hydrogen (secondary N) is 1. The van der Waals surface area contributed by atoms with Crippen molar-refractivity contribution in [1.29, 1.82) is 0 Å². The molecule has 1 fully saturated rings. The second kappa shape index (κ2) is 9.15. The number of benzene rings is 1. The number of piperidine rings is 1. The lowest BCUT2D eigenvalue weighted by molar-refractivity contribution is 0.127. The summed E-state index contributed by atoms with van der Waals surface area (Å²) in [6.45, 7) is 8.51. The lowest BCUT2D eigenvalue weighted by atomic mass is 9.97. The maximum Gasteiger partial charge on any atom is 0.0598 e. The average molecular weight is 354 g/mol. The topological polar surface area (TPSA) is 48.4 Å². The number of anilines is 1. The van der Waals surface area contributed by atoms with Crippen molar-refractivity contribution >= 4 is 5.69 Å². The molecule has 0 unspecified atom stereocenters. The highest BCUT2D eigenvalue weighted by Gasteiger charge is 2.19. The van der Waals surface area contributed by atoms with Gasteiger partial charge in [-0.1, -0.05) is 38.1 Å². The van der Waals surface area contributed by atoms with Crippen LogP contribution in [0.25, 0.3) is 0 Å². The molecule has 1 aromatic carbocycles. The van der Waals surface area contributed by atoms with Crippen molar-refractivity contribution < 1.29 is 5.11 Å². The first-order valence-corrected chi connectivity index (χ1v) is 9.76. The van der Waals surface area contributed by atoms with Gasteiger partial charge in [0, 0.05) is 24.5 Å². The zero-order chi connectivity index (χ0) is 18.4. The van der Waals surface area contributed by atoms with Crippen LogP contribution in [0.3, 0.4) is 0 Å². The SMILES string of the molecule is CC(C)c1cccc(CNc2ccccc2CN2CCC(CO)CC2)n1. The third-order valence-electron chi connectivity index (χ3n) is 5.26. The normalized spacial score (nSPS) is 16.2. The van der Waals surface area contributed by atoms with E-state index in [1.54, 1.807) is 0 Å². The highest BCUT2D eigenvalue weighted by atomic mass is 16.3. The fourth-order valence-electron chi connectivity index (χ4n) is 3.50. The Labute approximate surface area is 157 Å². The fourth-order valence-corrected chi connectivity index (χ4v) is 3.50. The van der Waals surface area contributed by atoms with Gasteiger partial charge in [-0.3, -0.25) is 9.88 Å². The Hall–Kier alpha value is -1.91. The van der Waals surface area contributed by atoms with Crippen LogP contribution < -0.4 is 5.32 Å². The minimum atomic E-state index is 0.328. The van der Waals surface area contributed by atoms with Crippen LogP contribution in [0.2, 0.25) is 0 Å². The second-order valence-corrected chi connectivity index (χ2v) is 7.62. The molecule has 4 heteroatoms. The number of aliphatic hydroxyl groups excluding tert-OH is 1. The van der Waals surface area contributed by atoms with Crippen molar-refractivity contribution in [2.24, 2.45) is 5.92 Å². The molecule has 3 rings (SSSR count). The number of hydrogen-bond acceptors (Lipinski definition) is 4. The second-order valence-electron chi connectivity index (χ2n) is 7.62. The van der Waals surface area contributed by atoms with Gasteiger partial charge in [-0.15, -0.1) is 0 Å². The molecule has 1 aromatic heterocycles. The molecule has 1 saturated heterocycles. The molecule has 4 nitrogen and oxygen atoms in total. The number of rotatable bonds is 7. The van der Waals surface area contributed by atoms with Gasteiger partial charge in [-0.2, -0.15) is 0 Å². The molecule has 0 amide bonds. The summed E-state index contributed by atoms with van der Waals surface area (Å²) in [7, 11) is 0. The number of hydrogen-bond donors (Lipinski definition) is 2. The predicted octanol–water partition coefficient (Wildman–Crippen LogP) is 4.02. The Balaban J connectivity index is 1.61. The van der Waals surface area contributed by atoms with Crippen LogP contribution in [0, 0.1) is 5.92 Å². The monoisotopic (exact) mass is 353 g/mol. The van der Waals surface area contributed by atoms with Gasteiger partial charge in [0.25, 0.3) is 0 Å². The van der Waals surface area contributed by atoms with Gasteiger partial charge in [-0.05, 0) is 61.5 Å². The van der Waals surface area contributed by atoms with E-state index in [2.05, 4.69) is 66.5 Å². The van der Waals surface area contributed by atoms with Gasteiger partial charge in [0.2, 0.25) is 0 Å². The zero-order valence-electron chi connectivity index (χ0n) is 16.0. The molecule has 0 atom stereocenters. The molecule has 2 heterocycles. The Morgan fingerprint density at radius 1 is 1.12 bits per heavy atom. The molecule has 0 radical (unpaired) electrons. The highest BCUT2D eigenvalue weighted by molar-refractivity contribution is 5.51. The van der Waals surface area contributed by atoms with Crippen LogP contribution in [-0.4, -0.2) is 34.7 Å². The van der Waals surface area contributed by atoms with Crippen molar-refractivity contribution in [2.45, 2.75) is 45.7 Å². The van der Waals surface area contributed by atoms with Crippen LogP contribution in [-0.2, 0) is 13.1 Å². The van der Waals surface area contributed by atoms with Crippen molar-refractivity contribution in [3.8, 4) is 0 Å². The third-order valence-corrected chi connectivity index (χ3v) is 5.26. The Morgan fingerprint density at radius 2 is 1.88 bits per heavy atom. The standard InChI is InChI=1S/C22H31N3O/c1-17(2)21-9-5-7-20(24-21)14-23-22-8-4-3-6-19(22)15-25-12-10-18(16-26)11-13-25/h3-9,17-18,23,26H,10-16H2,1-2H3. The first-order chi connectivity index (χ1) is 12.7. The van der Waals surface area contributed by atoms with Gasteiger partial charge < -0.3 is 10.4 Å². The van der Waals surface area contributed by atoms with E-state index in [-0.39, 0.29) is 0 Å². The summed E-state index contributed by atoms with van der Waals surface area (Å²) in [5.74, 6) is 0.933. The van der Waals surface area contributed by atoms with E-state index in [1.165, 1.54) is 11.3 Å². The first kappa shape index (κ1) is 18.9. The van der Waals surface area contributed by atoms with Crippen LogP contribution >= 0.6 is 0 Å². The maximum absolute atomic E-state index is 9.31. The largest absolute Gasteiger partial charge is 0.396 e.